The van der Waals surface area contributed by atoms with E-state index in [0.29, 0.717) is 38.2 Å². The van der Waals surface area contributed by atoms with E-state index >= 15 is 0 Å². The first-order valence-electron chi connectivity index (χ1n) is 10.3. The van der Waals surface area contributed by atoms with Gasteiger partial charge < -0.3 is 4.42 Å². The highest BCUT2D eigenvalue weighted by molar-refractivity contribution is 6.35. The van der Waals surface area contributed by atoms with Gasteiger partial charge in [0.25, 0.3) is 5.89 Å². The minimum Gasteiger partial charge on any atom is -0.419 e. The van der Waals surface area contributed by atoms with E-state index in [9.17, 15) is 0 Å². The highest BCUT2D eigenvalue weighted by Crippen LogP contribution is 2.37. The zero-order valence-corrected chi connectivity index (χ0v) is 19.5. The Morgan fingerprint density at radius 1 is 0.969 bits per heavy atom. The number of aromatic nitrogens is 4. The predicted molar refractivity (Wildman–Crippen MR) is 128 cm³/mol. The largest absolute Gasteiger partial charge is 0.419 e. The fourth-order valence-corrected chi connectivity index (χ4v) is 4.60. The van der Waals surface area contributed by atoms with E-state index < -0.39 is 0 Å². The summed E-state index contributed by atoms with van der Waals surface area (Å²) in [5.41, 5.74) is 4.02. The summed E-state index contributed by atoms with van der Waals surface area (Å²) in [6.07, 6.45) is 7.28. The minimum absolute atomic E-state index is 0.241. The van der Waals surface area contributed by atoms with Crippen LogP contribution in [-0.4, -0.2) is 20.0 Å². The Hall–Kier alpha value is -2.60. The molecule has 5 nitrogen and oxygen atoms in total. The van der Waals surface area contributed by atoms with Crippen LogP contribution in [0.25, 0.3) is 28.5 Å². The number of hydrogen-bond donors (Lipinski definition) is 0. The molecule has 0 saturated heterocycles. The Kier molecular flexibility index (Phi) is 5.80. The molecule has 5 rings (SSSR count). The topological polar surface area (TPSA) is 56.7 Å². The fraction of sp³-hybridized carbons (Fsp3) is 0.208. The van der Waals surface area contributed by atoms with Crippen molar-refractivity contribution in [2.45, 2.75) is 32.1 Å². The molecule has 0 radical (unpaired) electrons. The molecule has 1 aliphatic rings. The number of rotatable bonds is 4. The minimum atomic E-state index is 0.241. The van der Waals surface area contributed by atoms with Gasteiger partial charge in [-0.25, -0.2) is 4.68 Å². The van der Waals surface area contributed by atoms with Crippen molar-refractivity contribution in [3.8, 4) is 28.5 Å². The molecule has 32 heavy (non-hydrogen) atoms. The highest BCUT2D eigenvalue weighted by Gasteiger charge is 2.25. The Labute approximate surface area is 200 Å². The van der Waals surface area contributed by atoms with Gasteiger partial charge in [0.2, 0.25) is 5.89 Å². The van der Waals surface area contributed by atoms with Gasteiger partial charge >= 0.3 is 0 Å². The molecule has 1 unspecified atom stereocenters. The lowest BCUT2D eigenvalue weighted by Gasteiger charge is -2.12. The summed E-state index contributed by atoms with van der Waals surface area (Å²) < 4.78 is 7.88. The van der Waals surface area contributed by atoms with E-state index in [1.54, 1.807) is 16.8 Å². The molecule has 0 fully saturated rings. The van der Waals surface area contributed by atoms with E-state index in [0.717, 1.165) is 36.1 Å². The lowest BCUT2D eigenvalue weighted by molar-refractivity contribution is 0.433. The summed E-state index contributed by atoms with van der Waals surface area (Å²) in [5, 5.41) is 15.2. The van der Waals surface area contributed by atoms with Gasteiger partial charge in [-0.1, -0.05) is 59.1 Å². The van der Waals surface area contributed by atoms with Crippen LogP contribution >= 0.6 is 34.8 Å². The maximum atomic E-state index is 6.54. The van der Waals surface area contributed by atoms with Crippen LogP contribution in [0.5, 0.6) is 0 Å². The smallest absolute Gasteiger partial charge is 0.268 e. The van der Waals surface area contributed by atoms with Crippen molar-refractivity contribution in [3.63, 3.8) is 0 Å². The van der Waals surface area contributed by atoms with Crippen molar-refractivity contribution in [2.24, 2.45) is 0 Å². The fourth-order valence-electron chi connectivity index (χ4n) is 3.99. The quantitative estimate of drug-likeness (QED) is 0.278. The average molecular weight is 486 g/mol. The highest BCUT2D eigenvalue weighted by atomic mass is 35.5. The number of halogens is 3. The lowest BCUT2D eigenvalue weighted by Crippen LogP contribution is -2.01. The lowest BCUT2D eigenvalue weighted by atomic mass is 9.94. The Bertz CT molecular complexity index is 1310. The molecule has 2 aromatic heterocycles. The van der Waals surface area contributed by atoms with Crippen molar-refractivity contribution in [1.82, 2.24) is 20.0 Å². The van der Waals surface area contributed by atoms with Crippen molar-refractivity contribution >= 4 is 34.8 Å². The molecule has 162 valence electrons. The van der Waals surface area contributed by atoms with Crippen molar-refractivity contribution in [2.75, 3.05) is 0 Å². The summed E-state index contributed by atoms with van der Waals surface area (Å²) in [6, 6.07) is 12.9. The standard InChI is InChI=1S/C24H19Cl3N4O/c1-14-21(24-29-28-23(32-24)16-5-3-2-4-6-16)30-31(20-12-11-18(26)13-19(20)27)22(14)15-7-9-17(25)10-8-15/h2-3,7-13,16H,4-6H2,1H3. The molecular formula is C24H19Cl3N4O. The van der Waals surface area contributed by atoms with Crippen LogP contribution in [0.3, 0.4) is 0 Å². The van der Waals surface area contributed by atoms with Gasteiger partial charge in [-0.2, -0.15) is 5.10 Å². The summed E-state index contributed by atoms with van der Waals surface area (Å²) in [5.74, 6) is 1.28. The first kappa shape index (κ1) is 21.3. The van der Waals surface area contributed by atoms with Crippen LogP contribution in [0.15, 0.2) is 59.0 Å². The molecule has 1 atom stereocenters. The van der Waals surface area contributed by atoms with Crippen LogP contribution < -0.4 is 0 Å². The van der Waals surface area contributed by atoms with Crippen LogP contribution in [0.2, 0.25) is 15.1 Å². The summed E-state index contributed by atoms with van der Waals surface area (Å²) in [4.78, 5) is 0. The van der Waals surface area contributed by atoms with Crippen LogP contribution in [0.4, 0.5) is 0 Å². The maximum Gasteiger partial charge on any atom is 0.268 e. The zero-order chi connectivity index (χ0) is 22.2. The van der Waals surface area contributed by atoms with Gasteiger partial charge in [-0.3, -0.25) is 0 Å². The number of nitrogens with zero attached hydrogens (tertiary/aromatic N) is 4. The van der Waals surface area contributed by atoms with Crippen LogP contribution in [0, 0.1) is 6.92 Å². The molecule has 2 heterocycles. The molecule has 0 spiro atoms. The van der Waals surface area contributed by atoms with Gasteiger partial charge in [-0.05, 0) is 56.5 Å². The van der Waals surface area contributed by atoms with E-state index in [1.807, 2.05) is 37.3 Å². The van der Waals surface area contributed by atoms with Gasteiger partial charge in [0.15, 0.2) is 5.69 Å². The zero-order valence-electron chi connectivity index (χ0n) is 17.2. The molecule has 0 amide bonds. The van der Waals surface area contributed by atoms with Crippen molar-refractivity contribution in [1.29, 1.82) is 0 Å². The Morgan fingerprint density at radius 3 is 2.47 bits per heavy atom. The molecular weight excluding hydrogens is 467 g/mol. The molecule has 8 heteroatoms. The van der Waals surface area contributed by atoms with Gasteiger partial charge in [0.1, 0.15) is 0 Å². The summed E-state index contributed by atoms with van der Waals surface area (Å²) in [6.45, 7) is 1.99. The molecule has 0 aliphatic heterocycles. The molecule has 1 aliphatic carbocycles. The summed E-state index contributed by atoms with van der Waals surface area (Å²) >= 11 is 18.8. The molecule has 2 aromatic carbocycles. The van der Waals surface area contributed by atoms with Crippen molar-refractivity contribution in [3.05, 3.63) is 81.1 Å². The summed E-state index contributed by atoms with van der Waals surface area (Å²) in [7, 11) is 0. The Morgan fingerprint density at radius 2 is 1.75 bits per heavy atom. The molecule has 0 N–H and O–H groups in total. The normalized spacial score (nSPS) is 15.9. The molecule has 4 aromatic rings. The van der Waals surface area contributed by atoms with Gasteiger partial charge in [0.05, 0.1) is 16.4 Å². The predicted octanol–water partition coefficient (Wildman–Crippen LogP) is 7.68. The van der Waals surface area contributed by atoms with Crippen molar-refractivity contribution < 1.29 is 4.42 Å². The molecule has 0 bridgehead atoms. The first-order valence-corrected chi connectivity index (χ1v) is 11.4. The Balaban J connectivity index is 1.65. The number of allylic oxidation sites excluding steroid dienone is 2. The number of benzene rings is 2. The van der Waals surface area contributed by atoms with Gasteiger partial charge in [0, 0.05) is 27.1 Å². The average Bonchev–Trinajstić information content (AvgIpc) is 3.40. The number of hydrogen-bond acceptors (Lipinski definition) is 4. The SMILES string of the molecule is Cc1c(-c2nnc(C3CC=CCC3)o2)nn(-c2ccc(Cl)cc2Cl)c1-c1ccc(Cl)cc1. The third-order valence-electron chi connectivity index (χ3n) is 5.64. The monoisotopic (exact) mass is 484 g/mol. The second-order valence-electron chi connectivity index (χ2n) is 7.76. The molecule has 0 saturated carbocycles. The van der Waals surface area contributed by atoms with E-state index in [2.05, 4.69) is 22.3 Å². The van der Waals surface area contributed by atoms with E-state index in [4.69, 9.17) is 44.3 Å². The third-order valence-corrected chi connectivity index (χ3v) is 6.43. The second kappa shape index (κ2) is 8.74. The van der Waals surface area contributed by atoms with Gasteiger partial charge in [-0.15, -0.1) is 10.2 Å². The maximum absolute atomic E-state index is 6.54. The third kappa shape index (κ3) is 3.96. The van der Waals surface area contributed by atoms with E-state index in [-0.39, 0.29) is 5.92 Å². The van der Waals surface area contributed by atoms with Crippen LogP contribution in [-0.2, 0) is 0 Å². The van der Waals surface area contributed by atoms with E-state index in [1.165, 1.54) is 0 Å². The second-order valence-corrected chi connectivity index (χ2v) is 9.04. The van der Waals surface area contributed by atoms with Crippen LogP contribution in [0.1, 0.15) is 36.6 Å². The first-order chi connectivity index (χ1) is 15.5.